The van der Waals surface area contributed by atoms with Crippen molar-refractivity contribution in [1.29, 1.82) is 10.5 Å². The average Bonchev–Trinajstić information content (AvgIpc) is 2.85. The van der Waals surface area contributed by atoms with Crippen molar-refractivity contribution in [2.24, 2.45) is 10.2 Å². The number of unbranched alkanes of at least 4 members (excludes halogenated alkanes) is 12. The molecule has 0 fully saturated rings. The zero-order valence-electron chi connectivity index (χ0n) is 23.7. The molecule has 0 aliphatic heterocycles. The first-order valence-corrected chi connectivity index (χ1v) is 13.7. The lowest BCUT2D eigenvalue weighted by molar-refractivity contribution is -0.259. The summed E-state index contributed by atoms with van der Waals surface area (Å²) in [6, 6.07) is 3.94. The molecule has 0 aromatic carbocycles. The quantitative estimate of drug-likeness (QED) is 0.0796. The molecule has 0 aliphatic carbocycles. The smallest absolute Gasteiger partial charge is 0.247 e. The van der Waals surface area contributed by atoms with E-state index >= 15 is 0 Å². The summed E-state index contributed by atoms with van der Waals surface area (Å²) in [5.74, 6) is -0.868. The predicted molar refractivity (Wildman–Crippen MR) is 142 cm³/mol. The average molecular weight is 507 g/mol. The second kappa shape index (κ2) is 23.0. The second-order valence-corrected chi connectivity index (χ2v) is 10.2. The van der Waals surface area contributed by atoms with Gasteiger partial charge in [0.1, 0.15) is 0 Å². The highest BCUT2D eigenvalue weighted by Gasteiger charge is 2.19. The number of nitrogens with zero attached hydrogens (tertiary/aromatic N) is 4. The van der Waals surface area contributed by atoms with Gasteiger partial charge in [-0.25, -0.2) is 19.4 Å². The van der Waals surface area contributed by atoms with Crippen LogP contribution in [-0.4, -0.2) is 23.0 Å². The summed E-state index contributed by atoms with van der Waals surface area (Å²) in [6.45, 7) is 11.0. The SMILES string of the molecule is CC(C)(C#N)/N=N/C(C)(C)C#N.CCCCCCCCCC(=O)OOC(=O)CCCCCCCCC. The van der Waals surface area contributed by atoms with Gasteiger partial charge >= 0.3 is 11.9 Å². The van der Waals surface area contributed by atoms with Gasteiger partial charge in [-0.3, -0.25) is 0 Å². The van der Waals surface area contributed by atoms with Crippen molar-refractivity contribution in [3.8, 4) is 12.1 Å². The van der Waals surface area contributed by atoms with Crippen LogP contribution >= 0.6 is 0 Å². The summed E-state index contributed by atoms with van der Waals surface area (Å²) >= 11 is 0. The fraction of sp³-hybridized carbons (Fsp3) is 0.857. The number of azo groups is 1. The van der Waals surface area contributed by atoms with Gasteiger partial charge in [-0.05, 0) is 40.5 Å². The molecule has 36 heavy (non-hydrogen) atoms. The van der Waals surface area contributed by atoms with E-state index in [2.05, 4.69) is 33.9 Å². The highest BCUT2D eigenvalue weighted by atomic mass is 17.2. The Hall–Kier alpha value is -2.48. The number of rotatable bonds is 18. The molecule has 8 nitrogen and oxygen atoms in total. The highest BCUT2D eigenvalue weighted by Crippen LogP contribution is 2.14. The largest absolute Gasteiger partial charge is 0.355 e. The van der Waals surface area contributed by atoms with Gasteiger partial charge in [-0.15, -0.1) is 0 Å². The molecule has 0 radical (unpaired) electrons. The normalized spacial score (nSPS) is 11.2. The van der Waals surface area contributed by atoms with Crippen LogP contribution in [-0.2, 0) is 19.4 Å². The molecule has 8 heteroatoms. The maximum absolute atomic E-state index is 11.5. The van der Waals surface area contributed by atoms with E-state index < -0.39 is 23.0 Å². The van der Waals surface area contributed by atoms with Crippen molar-refractivity contribution >= 4 is 11.9 Å². The Labute approximate surface area is 219 Å². The van der Waals surface area contributed by atoms with Gasteiger partial charge in [0.15, 0.2) is 11.1 Å². The molecular weight excluding hydrogens is 456 g/mol. The third kappa shape index (κ3) is 26.1. The van der Waals surface area contributed by atoms with Crippen molar-refractivity contribution in [2.75, 3.05) is 0 Å². The molecule has 0 rings (SSSR count). The topological polar surface area (TPSA) is 125 Å². The Morgan fingerprint density at radius 1 is 0.583 bits per heavy atom. The monoisotopic (exact) mass is 506 g/mol. The molecule has 0 bridgehead atoms. The van der Waals surface area contributed by atoms with E-state index in [1.165, 1.54) is 51.4 Å². The van der Waals surface area contributed by atoms with Crippen LogP contribution in [0.15, 0.2) is 10.2 Å². The van der Waals surface area contributed by atoms with Gasteiger partial charge in [0.25, 0.3) is 0 Å². The van der Waals surface area contributed by atoms with Gasteiger partial charge in [0.05, 0.1) is 25.0 Å². The molecule has 0 unspecified atom stereocenters. The van der Waals surface area contributed by atoms with Crippen molar-refractivity contribution in [3.63, 3.8) is 0 Å². The van der Waals surface area contributed by atoms with Crippen molar-refractivity contribution in [3.05, 3.63) is 0 Å². The fourth-order valence-electron chi connectivity index (χ4n) is 2.92. The Morgan fingerprint density at radius 3 is 1.14 bits per heavy atom. The zero-order chi connectivity index (χ0) is 27.7. The maximum atomic E-state index is 11.5. The molecule has 0 amide bonds. The molecule has 0 spiro atoms. The van der Waals surface area contributed by atoms with Gasteiger partial charge in [0.2, 0.25) is 0 Å². The molecule has 0 N–H and O–H groups in total. The highest BCUT2D eigenvalue weighted by molar-refractivity contribution is 5.72. The minimum Gasteiger partial charge on any atom is -0.247 e. The first-order valence-electron chi connectivity index (χ1n) is 13.7. The molecule has 0 saturated carbocycles. The van der Waals surface area contributed by atoms with Crippen LogP contribution in [0.5, 0.6) is 0 Å². The van der Waals surface area contributed by atoms with Crippen LogP contribution in [0.4, 0.5) is 0 Å². The van der Waals surface area contributed by atoms with Crippen LogP contribution < -0.4 is 0 Å². The zero-order valence-corrected chi connectivity index (χ0v) is 23.7. The van der Waals surface area contributed by atoms with E-state index in [1.807, 2.05) is 12.1 Å². The first-order chi connectivity index (χ1) is 17.0. The lowest BCUT2D eigenvalue weighted by Crippen LogP contribution is -2.17. The summed E-state index contributed by atoms with van der Waals surface area (Å²) in [5, 5.41) is 24.7. The van der Waals surface area contributed by atoms with Crippen LogP contribution in [0.3, 0.4) is 0 Å². The van der Waals surface area contributed by atoms with E-state index in [1.54, 1.807) is 27.7 Å². The molecule has 0 aromatic heterocycles. The summed E-state index contributed by atoms with van der Waals surface area (Å²) in [6.07, 6.45) is 16.7. The molecule has 0 saturated heterocycles. The number of carbonyl (C=O) groups excluding carboxylic acids is 2. The summed E-state index contributed by atoms with van der Waals surface area (Å²) in [7, 11) is 0. The number of nitriles is 2. The number of carbonyl (C=O) groups is 2. The van der Waals surface area contributed by atoms with Crippen molar-refractivity contribution in [2.45, 2.75) is 155 Å². The van der Waals surface area contributed by atoms with E-state index in [0.29, 0.717) is 12.8 Å². The van der Waals surface area contributed by atoms with E-state index in [4.69, 9.17) is 10.5 Å². The molecule has 206 valence electrons. The van der Waals surface area contributed by atoms with Crippen LogP contribution in [0.25, 0.3) is 0 Å². The Balaban J connectivity index is 0. The molecule has 0 aromatic rings. The maximum Gasteiger partial charge on any atom is 0.355 e. The second-order valence-electron chi connectivity index (χ2n) is 10.2. The molecule has 0 aliphatic rings. The molecule has 0 heterocycles. The first kappa shape index (κ1) is 35.7. The third-order valence-electron chi connectivity index (χ3n) is 5.29. The van der Waals surface area contributed by atoms with E-state index in [-0.39, 0.29) is 0 Å². The number of hydrogen-bond acceptors (Lipinski definition) is 8. The van der Waals surface area contributed by atoms with Gasteiger partial charge in [-0.2, -0.15) is 20.8 Å². The van der Waals surface area contributed by atoms with Gasteiger partial charge in [-0.1, -0.05) is 90.9 Å². The summed E-state index contributed by atoms with van der Waals surface area (Å²) in [5.41, 5.74) is -1.68. The third-order valence-corrected chi connectivity index (χ3v) is 5.29. The lowest BCUT2D eigenvalue weighted by Gasteiger charge is -2.11. The van der Waals surface area contributed by atoms with Crippen LogP contribution in [0, 0.1) is 22.7 Å². The standard InChI is InChI=1S/C20H38O4.C8H12N4/c1-3-5-7-9-11-13-15-17-19(21)23-24-20(22)18-16-14-12-10-8-6-4-2;1-7(2,5-9)11-12-8(3,4)6-10/h3-18H2,1-2H3;1-4H3/b;12-11+. The predicted octanol–water partition coefficient (Wildman–Crippen LogP) is 8.31. The van der Waals surface area contributed by atoms with Gasteiger partial charge in [0, 0.05) is 0 Å². The minimum atomic E-state index is -0.839. The van der Waals surface area contributed by atoms with Crippen molar-refractivity contribution in [1.82, 2.24) is 0 Å². The molecule has 0 atom stereocenters. The molecular formula is C28H50N4O4. The van der Waals surface area contributed by atoms with Gasteiger partial charge < -0.3 is 0 Å². The number of hydrogen-bond donors (Lipinski definition) is 0. The van der Waals surface area contributed by atoms with Crippen LogP contribution in [0.1, 0.15) is 144 Å². The van der Waals surface area contributed by atoms with E-state index in [0.717, 1.165) is 38.5 Å². The minimum absolute atomic E-state index is 0.332. The fourth-order valence-corrected chi connectivity index (χ4v) is 2.92. The van der Waals surface area contributed by atoms with Crippen LogP contribution in [0.2, 0.25) is 0 Å². The Morgan fingerprint density at radius 2 is 0.861 bits per heavy atom. The summed E-state index contributed by atoms with van der Waals surface area (Å²) < 4.78 is 0. The lowest BCUT2D eigenvalue weighted by atomic mass is 10.1. The Kier molecular flexibility index (Phi) is 22.7. The summed E-state index contributed by atoms with van der Waals surface area (Å²) in [4.78, 5) is 32.1. The Bertz CT molecular complexity index is 633. The van der Waals surface area contributed by atoms with Crippen molar-refractivity contribution < 1.29 is 19.4 Å². The van der Waals surface area contributed by atoms with E-state index in [9.17, 15) is 9.59 Å².